The molecule has 0 saturated carbocycles. The molecule has 0 bridgehead atoms. The Bertz CT molecular complexity index is 1050. The molecule has 0 radical (unpaired) electrons. The van der Waals surface area contributed by atoms with Crippen LogP contribution in [0.4, 0.5) is 0 Å². The number of piperidine rings is 1. The molecule has 4 heteroatoms. The molecule has 0 N–H and O–H groups in total. The monoisotopic (exact) mass is 449 g/mol. The van der Waals surface area contributed by atoms with E-state index in [4.69, 9.17) is 0 Å². The summed E-state index contributed by atoms with van der Waals surface area (Å²) in [6, 6.07) is 22.1. The van der Waals surface area contributed by atoms with Crippen molar-refractivity contribution in [2.75, 3.05) is 19.6 Å². The third-order valence-corrected chi connectivity index (χ3v) is 6.49. The zero-order chi connectivity index (χ0) is 21.6. The molecule has 0 amide bonds. The van der Waals surface area contributed by atoms with Crippen LogP contribution >= 0.6 is 12.4 Å². The number of likely N-dealkylation sites (tertiary alicyclic amines) is 1. The molecular formula is C28H32ClNO2. The van der Waals surface area contributed by atoms with Crippen LogP contribution in [0.25, 0.3) is 10.8 Å². The molecule has 32 heavy (non-hydrogen) atoms. The molecular weight excluding hydrogens is 418 g/mol. The maximum absolute atomic E-state index is 13.0. The highest BCUT2D eigenvalue weighted by Crippen LogP contribution is 2.24. The zero-order valence-corrected chi connectivity index (χ0v) is 19.6. The van der Waals surface area contributed by atoms with E-state index in [2.05, 4.69) is 23.1 Å². The van der Waals surface area contributed by atoms with Crippen LogP contribution in [0.1, 0.15) is 58.4 Å². The Balaban J connectivity index is 0.00000289. The van der Waals surface area contributed by atoms with Crippen LogP contribution in [0.2, 0.25) is 0 Å². The van der Waals surface area contributed by atoms with Gasteiger partial charge in [0.25, 0.3) is 0 Å². The Morgan fingerprint density at radius 1 is 0.844 bits per heavy atom. The van der Waals surface area contributed by atoms with Gasteiger partial charge in [-0.2, -0.15) is 0 Å². The first-order chi connectivity index (χ1) is 15.1. The van der Waals surface area contributed by atoms with Gasteiger partial charge in [-0.3, -0.25) is 9.59 Å². The van der Waals surface area contributed by atoms with E-state index in [1.807, 2.05) is 55.5 Å². The molecule has 3 nitrogen and oxygen atoms in total. The average molecular weight is 450 g/mol. The van der Waals surface area contributed by atoms with E-state index in [0.717, 1.165) is 61.8 Å². The highest BCUT2D eigenvalue weighted by Gasteiger charge is 2.25. The lowest BCUT2D eigenvalue weighted by Crippen LogP contribution is -2.37. The Morgan fingerprint density at radius 2 is 1.50 bits per heavy atom. The number of ketones is 2. The first-order valence-electron chi connectivity index (χ1n) is 11.5. The van der Waals surface area contributed by atoms with Crippen molar-refractivity contribution in [3.05, 3.63) is 83.4 Å². The maximum atomic E-state index is 13.0. The molecule has 168 valence electrons. The Morgan fingerprint density at radius 3 is 2.22 bits per heavy atom. The molecule has 0 unspecified atom stereocenters. The quantitative estimate of drug-likeness (QED) is 0.290. The molecule has 1 heterocycles. The van der Waals surface area contributed by atoms with Crippen molar-refractivity contribution in [1.82, 2.24) is 4.90 Å². The number of benzene rings is 3. The number of halogens is 1. The average Bonchev–Trinajstić information content (AvgIpc) is 2.82. The Labute approximate surface area is 197 Å². The van der Waals surface area contributed by atoms with Crippen LogP contribution in [0, 0.1) is 12.8 Å². The molecule has 0 spiro atoms. The molecule has 1 saturated heterocycles. The van der Waals surface area contributed by atoms with E-state index < -0.39 is 0 Å². The van der Waals surface area contributed by atoms with Gasteiger partial charge in [-0.15, -0.1) is 12.4 Å². The summed E-state index contributed by atoms with van der Waals surface area (Å²) in [6.07, 6.45) is 4.41. The van der Waals surface area contributed by atoms with Gasteiger partial charge in [0.1, 0.15) is 0 Å². The highest BCUT2D eigenvalue weighted by atomic mass is 35.5. The molecule has 1 aliphatic heterocycles. The van der Waals surface area contributed by atoms with Gasteiger partial charge < -0.3 is 4.90 Å². The SMILES string of the molecule is Cc1ccc(C(=O)CCCCN2CCC(C(=O)c3ccc4ccccc4c3)CC2)cc1.Cl. The minimum Gasteiger partial charge on any atom is -0.303 e. The largest absolute Gasteiger partial charge is 0.303 e. The Hall–Kier alpha value is -2.49. The van der Waals surface area contributed by atoms with Crippen molar-refractivity contribution in [1.29, 1.82) is 0 Å². The van der Waals surface area contributed by atoms with Crippen LogP contribution in [0.15, 0.2) is 66.7 Å². The summed E-state index contributed by atoms with van der Waals surface area (Å²) in [5.74, 6) is 0.648. The van der Waals surface area contributed by atoms with E-state index >= 15 is 0 Å². The number of carbonyl (C=O) groups excluding carboxylic acids is 2. The van der Waals surface area contributed by atoms with Crippen molar-refractivity contribution in [3.63, 3.8) is 0 Å². The number of nitrogens with zero attached hydrogens (tertiary/aromatic N) is 1. The number of hydrogen-bond acceptors (Lipinski definition) is 3. The molecule has 0 aromatic heterocycles. The molecule has 4 rings (SSSR count). The van der Waals surface area contributed by atoms with Crippen LogP contribution in [-0.4, -0.2) is 36.1 Å². The predicted octanol–water partition coefficient (Wildman–Crippen LogP) is 6.52. The highest BCUT2D eigenvalue weighted by molar-refractivity contribution is 6.01. The van der Waals surface area contributed by atoms with Crippen molar-refractivity contribution < 1.29 is 9.59 Å². The van der Waals surface area contributed by atoms with Crippen molar-refractivity contribution in [3.8, 4) is 0 Å². The van der Waals surface area contributed by atoms with E-state index in [1.165, 1.54) is 10.9 Å². The van der Waals surface area contributed by atoms with Crippen LogP contribution in [0.3, 0.4) is 0 Å². The molecule has 1 fully saturated rings. The summed E-state index contributed by atoms with van der Waals surface area (Å²) in [4.78, 5) is 27.7. The fraction of sp³-hybridized carbons (Fsp3) is 0.357. The number of fused-ring (bicyclic) bond motifs is 1. The summed E-state index contributed by atoms with van der Waals surface area (Å²) >= 11 is 0. The van der Waals surface area contributed by atoms with Crippen molar-refractivity contribution >= 4 is 34.7 Å². The first-order valence-corrected chi connectivity index (χ1v) is 11.5. The second-order valence-corrected chi connectivity index (χ2v) is 8.79. The summed E-state index contributed by atoms with van der Waals surface area (Å²) in [5.41, 5.74) is 2.84. The fourth-order valence-electron chi connectivity index (χ4n) is 4.50. The second kappa shape index (κ2) is 11.4. The number of Topliss-reactive ketones (excluding diaryl/α,β-unsaturated/α-hetero) is 2. The molecule has 0 aliphatic carbocycles. The number of rotatable bonds is 8. The zero-order valence-electron chi connectivity index (χ0n) is 18.8. The minimum atomic E-state index is 0. The van der Waals surface area contributed by atoms with Gasteiger partial charge in [-0.1, -0.05) is 66.2 Å². The lowest BCUT2D eigenvalue weighted by molar-refractivity contribution is 0.0836. The van der Waals surface area contributed by atoms with E-state index in [0.29, 0.717) is 6.42 Å². The summed E-state index contributed by atoms with van der Waals surface area (Å²) in [7, 11) is 0. The minimum absolute atomic E-state index is 0. The number of aryl methyl sites for hydroxylation is 1. The van der Waals surface area contributed by atoms with E-state index in [-0.39, 0.29) is 29.9 Å². The predicted molar refractivity (Wildman–Crippen MR) is 134 cm³/mol. The standard InChI is InChI=1S/C28H31NO2.ClH/c1-21-9-11-23(12-10-21)27(30)8-4-5-17-29-18-15-24(16-19-29)28(31)26-14-13-22-6-2-3-7-25(22)20-26;/h2-3,6-7,9-14,20,24H,4-5,8,15-19H2,1H3;1H. The molecule has 3 aromatic rings. The Kier molecular flexibility index (Phi) is 8.60. The van der Waals surface area contributed by atoms with Gasteiger partial charge in [0.2, 0.25) is 0 Å². The maximum Gasteiger partial charge on any atom is 0.166 e. The number of carbonyl (C=O) groups is 2. The molecule has 0 atom stereocenters. The van der Waals surface area contributed by atoms with E-state index in [1.54, 1.807) is 0 Å². The van der Waals surface area contributed by atoms with E-state index in [9.17, 15) is 9.59 Å². The van der Waals surface area contributed by atoms with Crippen LogP contribution < -0.4 is 0 Å². The lowest BCUT2D eigenvalue weighted by Gasteiger charge is -2.31. The van der Waals surface area contributed by atoms with Crippen LogP contribution in [-0.2, 0) is 0 Å². The summed E-state index contributed by atoms with van der Waals surface area (Å²) in [6.45, 7) is 4.98. The van der Waals surface area contributed by atoms with Crippen LogP contribution in [0.5, 0.6) is 0 Å². The topological polar surface area (TPSA) is 37.4 Å². The number of hydrogen-bond donors (Lipinski definition) is 0. The van der Waals surface area contributed by atoms with Gasteiger partial charge in [0, 0.05) is 23.5 Å². The molecule has 3 aromatic carbocycles. The van der Waals surface area contributed by atoms with Crippen molar-refractivity contribution in [2.24, 2.45) is 5.92 Å². The van der Waals surface area contributed by atoms with Gasteiger partial charge in [-0.05, 0) is 69.1 Å². The number of unbranched alkanes of at least 4 members (excludes halogenated alkanes) is 1. The molecule has 1 aliphatic rings. The third kappa shape index (κ3) is 6.05. The van der Waals surface area contributed by atoms with Gasteiger partial charge in [-0.25, -0.2) is 0 Å². The lowest BCUT2D eigenvalue weighted by atomic mass is 9.88. The normalized spacial score (nSPS) is 14.8. The smallest absolute Gasteiger partial charge is 0.166 e. The fourth-order valence-corrected chi connectivity index (χ4v) is 4.50. The summed E-state index contributed by atoms with van der Waals surface area (Å²) in [5, 5.41) is 2.31. The van der Waals surface area contributed by atoms with Gasteiger partial charge in [0.05, 0.1) is 0 Å². The van der Waals surface area contributed by atoms with Crippen molar-refractivity contribution in [2.45, 2.75) is 39.0 Å². The second-order valence-electron chi connectivity index (χ2n) is 8.79. The third-order valence-electron chi connectivity index (χ3n) is 6.49. The first kappa shape index (κ1) is 24.2. The summed E-state index contributed by atoms with van der Waals surface area (Å²) < 4.78 is 0. The van der Waals surface area contributed by atoms with Gasteiger partial charge in [0.15, 0.2) is 11.6 Å². The van der Waals surface area contributed by atoms with Gasteiger partial charge >= 0.3 is 0 Å².